The molecule has 2 unspecified atom stereocenters. The quantitative estimate of drug-likeness (QED) is 0.859. The van der Waals surface area contributed by atoms with Gasteiger partial charge in [-0.15, -0.1) is 5.92 Å². The summed E-state index contributed by atoms with van der Waals surface area (Å²) in [5.74, 6) is 7.09. The summed E-state index contributed by atoms with van der Waals surface area (Å²) < 4.78 is 8.10. The van der Waals surface area contributed by atoms with Gasteiger partial charge in [-0.1, -0.05) is 18.9 Å². The lowest BCUT2D eigenvalue weighted by Gasteiger charge is -2.35. The number of nitrogens with zero attached hydrogens (tertiary/aromatic N) is 1. The molecule has 2 aliphatic rings. The fourth-order valence-corrected chi connectivity index (χ4v) is 4.01. The highest BCUT2D eigenvalue weighted by Gasteiger charge is 2.29. The van der Waals surface area contributed by atoms with Gasteiger partial charge in [0.25, 0.3) is 5.56 Å². The molecule has 0 radical (unpaired) electrons. The van der Waals surface area contributed by atoms with Crippen LogP contribution in [0.25, 0.3) is 0 Å². The SMILES string of the molecule is CCC#CC1CCC(OCC2C(N)CCc3ccc(C)c(=O)n32)CC1. The first kappa shape index (κ1) is 18.2. The maximum absolute atomic E-state index is 12.6. The van der Waals surface area contributed by atoms with Crippen LogP contribution in [0.2, 0.25) is 0 Å². The zero-order chi connectivity index (χ0) is 17.8. The average molecular weight is 342 g/mol. The number of nitrogens with two attached hydrogens (primary N) is 1. The van der Waals surface area contributed by atoms with Crippen LogP contribution in [0.1, 0.15) is 62.7 Å². The van der Waals surface area contributed by atoms with Gasteiger partial charge in [0.15, 0.2) is 0 Å². The zero-order valence-corrected chi connectivity index (χ0v) is 15.5. The lowest BCUT2D eigenvalue weighted by Crippen LogP contribution is -2.46. The van der Waals surface area contributed by atoms with Crippen LogP contribution < -0.4 is 11.3 Å². The van der Waals surface area contributed by atoms with Crippen LogP contribution in [0.3, 0.4) is 0 Å². The van der Waals surface area contributed by atoms with Gasteiger partial charge in [-0.05, 0) is 51.5 Å². The Morgan fingerprint density at radius 1 is 1.24 bits per heavy atom. The first-order valence-electron chi connectivity index (χ1n) is 9.66. The molecule has 0 amide bonds. The summed E-state index contributed by atoms with van der Waals surface area (Å²) in [4.78, 5) is 12.6. The Balaban J connectivity index is 1.63. The third-order valence-electron chi connectivity index (χ3n) is 5.61. The van der Waals surface area contributed by atoms with Crippen LogP contribution in [0.15, 0.2) is 16.9 Å². The maximum atomic E-state index is 12.6. The zero-order valence-electron chi connectivity index (χ0n) is 15.5. The molecule has 1 aromatic heterocycles. The van der Waals surface area contributed by atoms with E-state index >= 15 is 0 Å². The molecule has 4 heteroatoms. The van der Waals surface area contributed by atoms with Gasteiger partial charge in [-0.2, -0.15) is 0 Å². The normalized spacial score (nSPS) is 28.8. The van der Waals surface area contributed by atoms with Crippen molar-refractivity contribution in [2.24, 2.45) is 11.7 Å². The van der Waals surface area contributed by atoms with E-state index in [0.29, 0.717) is 12.5 Å². The van der Waals surface area contributed by atoms with Crippen LogP contribution in [0.4, 0.5) is 0 Å². The molecule has 2 atom stereocenters. The van der Waals surface area contributed by atoms with Crippen molar-refractivity contribution in [1.29, 1.82) is 0 Å². The number of ether oxygens (including phenoxy) is 1. The monoisotopic (exact) mass is 342 g/mol. The predicted molar refractivity (Wildman–Crippen MR) is 101 cm³/mol. The van der Waals surface area contributed by atoms with Crippen LogP contribution in [0, 0.1) is 24.7 Å². The van der Waals surface area contributed by atoms with E-state index in [1.54, 1.807) is 0 Å². The molecule has 1 aliphatic carbocycles. The van der Waals surface area contributed by atoms with Crippen molar-refractivity contribution in [1.82, 2.24) is 4.57 Å². The van der Waals surface area contributed by atoms with Gasteiger partial charge in [0.1, 0.15) is 0 Å². The molecule has 0 aromatic carbocycles. The minimum Gasteiger partial charge on any atom is -0.376 e. The number of hydrogen-bond acceptors (Lipinski definition) is 3. The van der Waals surface area contributed by atoms with Gasteiger partial charge in [-0.3, -0.25) is 4.79 Å². The Morgan fingerprint density at radius 3 is 2.72 bits per heavy atom. The maximum Gasteiger partial charge on any atom is 0.254 e. The van der Waals surface area contributed by atoms with Gasteiger partial charge < -0.3 is 15.0 Å². The van der Waals surface area contributed by atoms with Crippen molar-refractivity contribution in [2.75, 3.05) is 6.61 Å². The topological polar surface area (TPSA) is 57.2 Å². The summed E-state index contributed by atoms with van der Waals surface area (Å²) in [7, 11) is 0. The number of aryl methyl sites for hydroxylation is 2. The van der Waals surface area contributed by atoms with Crippen LogP contribution in [-0.4, -0.2) is 23.3 Å². The fourth-order valence-electron chi connectivity index (χ4n) is 4.01. The molecule has 0 bridgehead atoms. The predicted octanol–water partition coefficient (Wildman–Crippen LogP) is 2.96. The Labute approximate surface area is 150 Å². The lowest BCUT2D eigenvalue weighted by atomic mass is 9.87. The third kappa shape index (κ3) is 4.16. The van der Waals surface area contributed by atoms with Gasteiger partial charge in [0.2, 0.25) is 0 Å². The minimum atomic E-state index is -0.0474. The summed E-state index contributed by atoms with van der Waals surface area (Å²) in [5.41, 5.74) is 8.29. The van der Waals surface area contributed by atoms with Crippen molar-refractivity contribution in [3.8, 4) is 11.8 Å². The van der Waals surface area contributed by atoms with Crippen LogP contribution in [0.5, 0.6) is 0 Å². The van der Waals surface area contributed by atoms with Gasteiger partial charge in [0, 0.05) is 29.6 Å². The third-order valence-corrected chi connectivity index (χ3v) is 5.61. The van der Waals surface area contributed by atoms with E-state index in [-0.39, 0.29) is 23.7 Å². The Morgan fingerprint density at radius 2 is 2.00 bits per heavy atom. The second-order valence-electron chi connectivity index (χ2n) is 7.43. The molecule has 25 heavy (non-hydrogen) atoms. The Hall–Kier alpha value is -1.57. The molecular formula is C21H30N2O2. The number of aromatic nitrogens is 1. The molecule has 2 N–H and O–H groups in total. The summed E-state index contributed by atoms with van der Waals surface area (Å²) >= 11 is 0. The largest absolute Gasteiger partial charge is 0.376 e. The Kier molecular flexibility index (Phi) is 5.98. The van der Waals surface area contributed by atoms with Crippen LogP contribution >= 0.6 is 0 Å². The van der Waals surface area contributed by atoms with Crippen molar-refractivity contribution in [3.63, 3.8) is 0 Å². The summed E-state index contributed by atoms with van der Waals surface area (Å²) in [6, 6.07) is 3.92. The minimum absolute atomic E-state index is 0.0150. The number of pyridine rings is 1. The van der Waals surface area contributed by atoms with E-state index < -0.39 is 0 Å². The number of hydrogen-bond donors (Lipinski definition) is 1. The molecule has 1 aromatic rings. The van der Waals surface area contributed by atoms with E-state index in [4.69, 9.17) is 10.5 Å². The first-order chi connectivity index (χ1) is 12.1. The van der Waals surface area contributed by atoms with Crippen molar-refractivity contribution in [2.45, 2.75) is 77.0 Å². The van der Waals surface area contributed by atoms with E-state index in [2.05, 4.69) is 24.8 Å². The second kappa shape index (κ2) is 8.21. The van der Waals surface area contributed by atoms with Crippen LogP contribution in [-0.2, 0) is 11.2 Å². The highest BCUT2D eigenvalue weighted by atomic mass is 16.5. The van der Waals surface area contributed by atoms with E-state index in [9.17, 15) is 4.79 Å². The van der Waals surface area contributed by atoms with Crippen molar-refractivity contribution < 1.29 is 4.74 Å². The molecular weight excluding hydrogens is 312 g/mol. The summed E-state index contributed by atoms with van der Waals surface area (Å²) in [5, 5.41) is 0. The second-order valence-corrected chi connectivity index (χ2v) is 7.43. The van der Waals surface area contributed by atoms with E-state index in [1.807, 2.05) is 17.6 Å². The summed E-state index contributed by atoms with van der Waals surface area (Å²) in [6.45, 7) is 4.50. The van der Waals surface area contributed by atoms with Crippen molar-refractivity contribution >= 4 is 0 Å². The van der Waals surface area contributed by atoms with Gasteiger partial charge in [0.05, 0.1) is 18.8 Å². The molecule has 1 aliphatic heterocycles. The summed E-state index contributed by atoms with van der Waals surface area (Å²) in [6.07, 6.45) is 7.33. The number of rotatable bonds is 3. The van der Waals surface area contributed by atoms with Gasteiger partial charge >= 0.3 is 0 Å². The van der Waals surface area contributed by atoms with Gasteiger partial charge in [-0.25, -0.2) is 0 Å². The lowest BCUT2D eigenvalue weighted by molar-refractivity contribution is -0.00190. The fraction of sp³-hybridized carbons (Fsp3) is 0.667. The Bertz CT molecular complexity index is 705. The molecule has 3 rings (SSSR count). The van der Waals surface area contributed by atoms with Crippen molar-refractivity contribution in [3.05, 3.63) is 33.7 Å². The molecule has 2 heterocycles. The molecule has 1 saturated carbocycles. The number of fused-ring (bicyclic) bond motifs is 1. The smallest absolute Gasteiger partial charge is 0.254 e. The molecule has 0 spiro atoms. The van der Waals surface area contributed by atoms with E-state index in [0.717, 1.165) is 56.2 Å². The average Bonchev–Trinajstić information content (AvgIpc) is 2.63. The first-order valence-corrected chi connectivity index (χ1v) is 9.66. The van der Waals surface area contributed by atoms with E-state index in [1.165, 1.54) is 0 Å². The highest BCUT2D eigenvalue weighted by molar-refractivity contribution is 5.18. The standard InChI is InChI=1S/C21H30N2O2/c1-3-4-5-16-7-11-18(12-8-16)25-14-20-19(22)13-10-17-9-6-15(2)21(24)23(17)20/h6,9,16,18-20H,3,7-8,10-14,22H2,1-2H3. The highest BCUT2D eigenvalue weighted by Crippen LogP contribution is 2.28. The molecule has 4 nitrogen and oxygen atoms in total. The molecule has 0 saturated heterocycles. The molecule has 1 fully saturated rings. The molecule has 136 valence electrons.